The average molecular weight is 302 g/mol. The number of hydrogen-bond donors (Lipinski definition) is 2. The van der Waals surface area contributed by atoms with Gasteiger partial charge in [-0.25, -0.2) is 4.98 Å². The van der Waals surface area contributed by atoms with Crippen LogP contribution in [0.2, 0.25) is 0 Å². The molecule has 3 rings (SSSR count). The molecule has 3 heterocycles. The first-order chi connectivity index (χ1) is 10.2. The number of piperidine rings is 1. The Kier molecular flexibility index (Phi) is 4.26. The fourth-order valence-electron chi connectivity index (χ4n) is 2.51. The molecule has 0 bridgehead atoms. The van der Waals surface area contributed by atoms with Crippen molar-refractivity contribution in [2.24, 2.45) is 0 Å². The number of amides is 1. The summed E-state index contributed by atoms with van der Waals surface area (Å²) in [6.45, 7) is 4.00. The van der Waals surface area contributed by atoms with Crippen molar-refractivity contribution in [3.63, 3.8) is 0 Å². The molecule has 1 amide bonds. The SMILES string of the molecule is Cc1cnc(NC(=O)c2ccnc(C3CCNCC3)c2)s1. The largest absolute Gasteiger partial charge is 0.317 e. The first-order valence-electron chi connectivity index (χ1n) is 7.13. The van der Waals surface area contributed by atoms with Gasteiger partial charge in [0.1, 0.15) is 0 Å². The van der Waals surface area contributed by atoms with E-state index >= 15 is 0 Å². The normalized spacial score (nSPS) is 15.9. The van der Waals surface area contributed by atoms with E-state index in [-0.39, 0.29) is 5.91 Å². The number of thiazole rings is 1. The molecule has 1 aliphatic rings. The summed E-state index contributed by atoms with van der Waals surface area (Å²) in [5, 5.41) is 6.82. The highest BCUT2D eigenvalue weighted by Gasteiger charge is 2.18. The standard InChI is InChI=1S/C15H18N4OS/c1-10-9-18-15(21-10)19-14(20)12-4-7-17-13(8-12)11-2-5-16-6-3-11/h4,7-9,11,16H,2-3,5-6H2,1H3,(H,18,19,20). The molecule has 1 saturated heterocycles. The van der Waals surface area contributed by atoms with Crippen molar-refractivity contribution in [3.05, 3.63) is 40.7 Å². The lowest BCUT2D eigenvalue weighted by Crippen LogP contribution is -2.27. The van der Waals surface area contributed by atoms with Gasteiger partial charge in [0.25, 0.3) is 5.91 Å². The molecule has 2 aromatic rings. The number of carbonyl (C=O) groups is 1. The van der Waals surface area contributed by atoms with Crippen molar-refractivity contribution < 1.29 is 4.79 Å². The molecule has 0 atom stereocenters. The van der Waals surface area contributed by atoms with Crippen LogP contribution in [-0.4, -0.2) is 29.0 Å². The van der Waals surface area contributed by atoms with Crippen molar-refractivity contribution in [1.29, 1.82) is 0 Å². The number of aromatic nitrogens is 2. The Morgan fingerprint density at radius 3 is 2.90 bits per heavy atom. The van der Waals surface area contributed by atoms with E-state index in [0.717, 1.165) is 36.5 Å². The van der Waals surface area contributed by atoms with E-state index in [4.69, 9.17) is 0 Å². The van der Waals surface area contributed by atoms with Crippen LogP contribution in [-0.2, 0) is 0 Å². The molecule has 1 fully saturated rings. The molecular weight excluding hydrogens is 284 g/mol. The molecule has 2 aromatic heterocycles. The molecule has 0 unspecified atom stereocenters. The lowest BCUT2D eigenvalue weighted by Gasteiger charge is -2.22. The third kappa shape index (κ3) is 3.46. The maximum atomic E-state index is 12.3. The van der Waals surface area contributed by atoms with Gasteiger partial charge in [0.2, 0.25) is 0 Å². The Balaban J connectivity index is 1.74. The first-order valence-corrected chi connectivity index (χ1v) is 7.94. The van der Waals surface area contributed by atoms with Gasteiger partial charge >= 0.3 is 0 Å². The van der Waals surface area contributed by atoms with Gasteiger partial charge in [0.05, 0.1) is 0 Å². The van der Waals surface area contributed by atoms with Gasteiger partial charge < -0.3 is 5.32 Å². The van der Waals surface area contributed by atoms with Crippen LogP contribution < -0.4 is 10.6 Å². The van der Waals surface area contributed by atoms with Gasteiger partial charge in [-0.3, -0.25) is 15.1 Å². The van der Waals surface area contributed by atoms with Crippen LogP contribution in [0.5, 0.6) is 0 Å². The number of carbonyl (C=O) groups excluding carboxylic acids is 1. The second-order valence-electron chi connectivity index (χ2n) is 5.22. The molecule has 5 nitrogen and oxygen atoms in total. The van der Waals surface area contributed by atoms with E-state index < -0.39 is 0 Å². The summed E-state index contributed by atoms with van der Waals surface area (Å²) < 4.78 is 0. The quantitative estimate of drug-likeness (QED) is 0.914. The van der Waals surface area contributed by atoms with Gasteiger partial charge in [-0.2, -0.15) is 0 Å². The minimum atomic E-state index is -0.123. The van der Waals surface area contributed by atoms with Crippen molar-refractivity contribution in [1.82, 2.24) is 15.3 Å². The molecule has 110 valence electrons. The van der Waals surface area contributed by atoms with Crippen LogP contribution in [0.1, 0.15) is 39.7 Å². The van der Waals surface area contributed by atoms with E-state index in [9.17, 15) is 4.79 Å². The van der Waals surface area contributed by atoms with Gasteiger partial charge in [0, 0.05) is 34.4 Å². The number of anilines is 1. The zero-order valence-corrected chi connectivity index (χ0v) is 12.7. The first kappa shape index (κ1) is 14.2. The molecule has 0 spiro atoms. The third-order valence-corrected chi connectivity index (χ3v) is 4.47. The van der Waals surface area contributed by atoms with Gasteiger partial charge in [-0.15, -0.1) is 11.3 Å². The van der Waals surface area contributed by atoms with Crippen LogP contribution in [0.15, 0.2) is 24.5 Å². The Hall–Kier alpha value is -1.79. The summed E-state index contributed by atoms with van der Waals surface area (Å²) in [5.41, 5.74) is 1.66. The van der Waals surface area contributed by atoms with Crippen LogP contribution in [0.4, 0.5) is 5.13 Å². The molecule has 2 N–H and O–H groups in total. The fourth-order valence-corrected chi connectivity index (χ4v) is 3.17. The van der Waals surface area contributed by atoms with E-state index in [2.05, 4.69) is 20.6 Å². The summed E-state index contributed by atoms with van der Waals surface area (Å²) in [6.07, 6.45) is 5.63. The zero-order chi connectivity index (χ0) is 14.7. The molecule has 6 heteroatoms. The van der Waals surface area contributed by atoms with E-state index in [1.165, 1.54) is 11.3 Å². The second kappa shape index (κ2) is 6.32. The van der Waals surface area contributed by atoms with Crippen molar-refractivity contribution in [2.75, 3.05) is 18.4 Å². The number of hydrogen-bond acceptors (Lipinski definition) is 5. The monoisotopic (exact) mass is 302 g/mol. The number of aryl methyl sites for hydroxylation is 1. The minimum Gasteiger partial charge on any atom is -0.317 e. The van der Waals surface area contributed by atoms with Crippen molar-refractivity contribution >= 4 is 22.4 Å². The predicted octanol–water partition coefficient (Wildman–Crippen LogP) is 2.57. The Bertz CT molecular complexity index is 634. The topological polar surface area (TPSA) is 66.9 Å². The molecule has 0 aromatic carbocycles. The highest BCUT2D eigenvalue weighted by atomic mass is 32.1. The average Bonchev–Trinajstić information content (AvgIpc) is 2.93. The summed E-state index contributed by atoms with van der Waals surface area (Å²) >= 11 is 1.48. The van der Waals surface area contributed by atoms with Crippen molar-refractivity contribution in [2.45, 2.75) is 25.7 Å². The van der Waals surface area contributed by atoms with E-state index in [1.807, 2.05) is 13.0 Å². The molecular formula is C15H18N4OS. The summed E-state index contributed by atoms with van der Waals surface area (Å²) in [7, 11) is 0. The summed E-state index contributed by atoms with van der Waals surface area (Å²) in [6, 6.07) is 3.66. The van der Waals surface area contributed by atoms with Gasteiger partial charge in [-0.1, -0.05) is 0 Å². The second-order valence-corrected chi connectivity index (χ2v) is 6.46. The number of pyridine rings is 1. The Morgan fingerprint density at radius 1 is 1.38 bits per heavy atom. The molecule has 21 heavy (non-hydrogen) atoms. The highest BCUT2D eigenvalue weighted by Crippen LogP contribution is 2.24. The molecule has 0 saturated carbocycles. The van der Waals surface area contributed by atoms with Gasteiger partial charge in [-0.05, 0) is 45.0 Å². The van der Waals surface area contributed by atoms with Crippen LogP contribution in [0.25, 0.3) is 0 Å². The molecule has 0 radical (unpaired) electrons. The molecule has 1 aliphatic heterocycles. The summed E-state index contributed by atoms with van der Waals surface area (Å²) in [4.78, 5) is 21.9. The van der Waals surface area contributed by atoms with E-state index in [1.54, 1.807) is 18.5 Å². The van der Waals surface area contributed by atoms with E-state index in [0.29, 0.717) is 16.6 Å². The number of nitrogens with one attached hydrogen (secondary N) is 2. The Labute approximate surface area is 127 Å². The molecule has 0 aliphatic carbocycles. The Morgan fingerprint density at radius 2 is 2.19 bits per heavy atom. The predicted molar refractivity (Wildman–Crippen MR) is 83.9 cm³/mol. The van der Waals surface area contributed by atoms with Crippen LogP contribution in [0.3, 0.4) is 0 Å². The lowest BCUT2D eigenvalue weighted by atomic mass is 9.93. The highest BCUT2D eigenvalue weighted by molar-refractivity contribution is 7.15. The maximum absolute atomic E-state index is 12.3. The zero-order valence-electron chi connectivity index (χ0n) is 11.9. The third-order valence-electron chi connectivity index (χ3n) is 3.64. The minimum absolute atomic E-state index is 0.123. The number of rotatable bonds is 3. The maximum Gasteiger partial charge on any atom is 0.257 e. The van der Waals surface area contributed by atoms with Crippen LogP contribution in [0, 0.1) is 6.92 Å². The number of nitrogens with zero attached hydrogens (tertiary/aromatic N) is 2. The van der Waals surface area contributed by atoms with Gasteiger partial charge in [0.15, 0.2) is 5.13 Å². The van der Waals surface area contributed by atoms with Crippen LogP contribution >= 0.6 is 11.3 Å². The smallest absolute Gasteiger partial charge is 0.257 e. The summed E-state index contributed by atoms with van der Waals surface area (Å²) in [5.74, 6) is 0.322. The van der Waals surface area contributed by atoms with Crippen molar-refractivity contribution in [3.8, 4) is 0 Å². The fraction of sp³-hybridized carbons (Fsp3) is 0.400. The lowest BCUT2D eigenvalue weighted by molar-refractivity contribution is 0.102.